The van der Waals surface area contributed by atoms with Crippen LogP contribution in [-0.2, 0) is 16.8 Å². The summed E-state index contributed by atoms with van der Waals surface area (Å²) in [5.41, 5.74) is 3.12. The lowest BCUT2D eigenvalue weighted by molar-refractivity contribution is 0.381. The van der Waals surface area contributed by atoms with E-state index in [2.05, 4.69) is 12.6 Å². The van der Waals surface area contributed by atoms with Gasteiger partial charge in [-0.15, -0.1) is 6.58 Å². The van der Waals surface area contributed by atoms with Crippen LogP contribution < -0.4 is 0 Å². The van der Waals surface area contributed by atoms with Gasteiger partial charge in [0.15, 0.2) is 0 Å². The van der Waals surface area contributed by atoms with Gasteiger partial charge in [0.05, 0.1) is 0 Å². The topological polar surface area (TPSA) is 94.8 Å². The third-order valence-corrected chi connectivity index (χ3v) is 2.58. The summed E-state index contributed by atoms with van der Waals surface area (Å²) >= 11 is 0. The minimum atomic E-state index is -4.67. The monoisotopic (exact) mass is 308 g/mol. The van der Waals surface area contributed by atoms with E-state index in [4.69, 9.17) is 17.5 Å². The lowest BCUT2D eigenvalue weighted by atomic mass is 9.97. The molecule has 0 unspecified atom stereocenters. The maximum atomic E-state index is 9.83. The summed E-state index contributed by atoms with van der Waals surface area (Å²) in [6.45, 7) is 3.75. The van der Waals surface area contributed by atoms with E-state index in [1.54, 1.807) is 6.07 Å². The Morgan fingerprint density at radius 2 is 1.43 bits per heavy atom. The molecule has 2 aromatic carbocycles. The predicted molar refractivity (Wildman–Crippen MR) is 81.6 cm³/mol. The second-order valence-electron chi connectivity index (χ2n) is 4.11. The van der Waals surface area contributed by atoms with Crippen molar-refractivity contribution >= 4 is 10.4 Å². The highest BCUT2D eigenvalue weighted by Crippen LogP contribution is 2.31. The number of allylic oxidation sites excluding steroid dienone is 1. The third kappa shape index (κ3) is 6.22. The van der Waals surface area contributed by atoms with Crippen LogP contribution in [0.25, 0.3) is 11.1 Å². The molecule has 0 aliphatic heterocycles. The smallest absolute Gasteiger partial charge is 0.394 e. The van der Waals surface area contributed by atoms with Gasteiger partial charge in [-0.1, -0.05) is 48.5 Å². The van der Waals surface area contributed by atoms with Gasteiger partial charge < -0.3 is 5.11 Å². The first-order chi connectivity index (χ1) is 9.83. The number of para-hydroxylation sites is 1. The molecule has 0 heterocycles. The van der Waals surface area contributed by atoms with Crippen molar-refractivity contribution in [3.05, 3.63) is 66.7 Å². The van der Waals surface area contributed by atoms with Gasteiger partial charge in [-0.3, -0.25) is 9.11 Å². The summed E-state index contributed by atoms with van der Waals surface area (Å²) in [7, 11) is -4.67. The molecule has 0 aromatic heterocycles. The molecule has 112 valence electrons. The standard InChI is InChI=1S/C15H14O.H2O4S/c1-2-7-12-8-3-4-9-13(12)14-10-5-6-11-15(14)16;1-5(2,3)4/h2-6,8-11,16H,1,7H2;(H2,1,2,3,4). The van der Waals surface area contributed by atoms with Gasteiger partial charge in [-0.25, -0.2) is 0 Å². The lowest BCUT2D eigenvalue weighted by Crippen LogP contribution is -1.89. The second-order valence-corrected chi connectivity index (χ2v) is 5.01. The average molecular weight is 308 g/mol. The van der Waals surface area contributed by atoms with Crippen LogP contribution >= 0.6 is 0 Å². The molecule has 0 bridgehead atoms. The summed E-state index contributed by atoms with van der Waals surface area (Å²) in [4.78, 5) is 0. The summed E-state index contributed by atoms with van der Waals surface area (Å²) in [6, 6.07) is 15.5. The first-order valence-corrected chi connectivity index (χ1v) is 7.39. The van der Waals surface area contributed by atoms with Crippen LogP contribution in [0, 0.1) is 0 Å². The molecular weight excluding hydrogens is 292 g/mol. The van der Waals surface area contributed by atoms with Crippen LogP contribution in [0.15, 0.2) is 61.2 Å². The van der Waals surface area contributed by atoms with E-state index in [-0.39, 0.29) is 0 Å². The van der Waals surface area contributed by atoms with Crippen molar-refractivity contribution in [1.82, 2.24) is 0 Å². The van der Waals surface area contributed by atoms with Crippen molar-refractivity contribution in [3.63, 3.8) is 0 Å². The van der Waals surface area contributed by atoms with Gasteiger partial charge in [0.1, 0.15) is 5.75 Å². The van der Waals surface area contributed by atoms with Gasteiger partial charge in [0.2, 0.25) is 0 Å². The predicted octanol–water partition coefficient (Wildman–Crippen LogP) is 3.13. The SMILES string of the molecule is C=CCc1ccccc1-c1ccccc1O.O=S(=O)(O)O. The van der Waals surface area contributed by atoms with E-state index >= 15 is 0 Å². The third-order valence-electron chi connectivity index (χ3n) is 2.58. The van der Waals surface area contributed by atoms with Gasteiger partial charge in [-0.2, -0.15) is 8.42 Å². The molecule has 21 heavy (non-hydrogen) atoms. The van der Waals surface area contributed by atoms with Gasteiger partial charge in [0.25, 0.3) is 0 Å². The largest absolute Gasteiger partial charge is 0.507 e. The minimum absolute atomic E-state index is 0.319. The van der Waals surface area contributed by atoms with Crippen LogP contribution in [0.2, 0.25) is 0 Å². The van der Waals surface area contributed by atoms with Crippen molar-refractivity contribution in [2.24, 2.45) is 0 Å². The van der Waals surface area contributed by atoms with Crippen LogP contribution in [0.3, 0.4) is 0 Å². The Balaban J connectivity index is 0.000000383. The van der Waals surface area contributed by atoms with Crippen molar-refractivity contribution in [3.8, 4) is 16.9 Å². The first kappa shape index (κ1) is 16.9. The zero-order valence-corrected chi connectivity index (χ0v) is 12.0. The number of hydrogen-bond donors (Lipinski definition) is 3. The molecule has 2 aromatic rings. The molecule has 0 saturated heterocycles. The molecule has 0 amide bonds. The summed E-state index contributed by atoms with van der Waals surface area (Å²) in [5, 5.41) is 9.83. The zero-order chi connectivity index (χ0) is 15.9. The van der Waals surface area contributed by atoms with E-state index in [0.717, 1.165) is 17.5 Å². The maximum absolute atomic E-state index is 9.83. The summed E-state index contributed by atoms with van der Waals surface area (Å²) in [6.07, 6.45) is 2.68. The normalized spacial score (nSPS) is 10.4. The van der Waals surface area contributed by atoms with E-state index in [0.29, 0.717) is 5.75 Å². The Kier molecular flexibility index (Phi) is 6.10. The number of phenolic OH excluding ortho intramolecular Hbond substituents is 1. The summed E-state index contributed by atoms with van der Waals surface area (Å²) in [5.74, 6) is 0.319. The first-order valence-electron chi connectivity index (χ1n) is 6.00. The number of phenols is 1. The fourth-order valence-electron chi connectivity index (χ4n) is 1.82. The minimum Gasteiger partial charge on any atom is -0.507 e. The molecule has 5 nitrogen and oxygen atoms in total. The number of aromatic hydroxyl groups is 1. The highest BCUT2D eigenvalue weighted by Gasteiger charge is 2.06. The molecule has 2 rings (SSSR count). The van der Waals surface area contributed by atoms with Crippen molar-refractivity contribution in [1.29, 1.82) is 0 Å². The Morgan fingerprint density at radius 3 is 1.95 bits per heavy atom. The van der Waals surface area contributed by atoms with Gasteiger partial charge in [-0.05, 0) is 23.6 Å². The fraction of sp³-hybridized carbons (Fsp3) is 0.0667. The van der Waals surface area contributed by atoms with Crippen molar-refractivity contribution in [2.75, 3.05) is 0 Å². The Labute approximate surface area is 123 Å². The van der Waals surface area contributed by atoms with Crippen molar-refractivity contribution in [2.45, 2.75) is 6.42 Å². The van der Waals surface area contributed by atoms with Crippen LogP contribution in [-0.4, -0.2) is 22.6 Å². The van der Waals surface area contributed by atoms with E-state index < -0.39 is 10.4 Å². The molecule has 0 spiro atoms. The number of rotatable bonds is 3. The van der Waals surface area contributed by atoms with E-state index in [1.807, 2.05) is 42.5 Å². The molecular formula is C15H16O5S. The second kappa shape index (κ2) is 7.58. The maximum Gasteiger partial charge on any atom is 0.394 e. The quantitative estimate of drug-likeness (QED) is 0.598. The zero-order valence-electron chi connectivity index (χ0n) is 11.2. The molecule has 3 N–H and O–H groups in total. The van der Waals surface area contributed by atoms with Gasteiger partial charge >= 0.3 is 10.4 Å². The number of benzene rings is 2. The van der Waals surface area contributed by atoms with Crippen LogP contribution in [0.1, 0.15) is 5.56 Å². The Hall–Kier alpha value is -2.15. The highest BCUT2D eigenvalue weighted by molar-refractivity contribution is 7.79. The van der Waals surface area contributed by atoms with E-state index in [9.17, 15) is 5.11 Å². The van der Waals surface area contributed by atoms with Gasteiger partial charge in [0, 0.05) is 5.56 Å². The summed E-state index contributed by atoms with van der Waals surface area (Å²) < 4.78 is 31.6. The van der Waals surface area contributed by atoms with Crippen molar-refractivity contribution < 1.29 is 22.6 Å². The Bertz CT molecular complexity index is 700. The van der Waals surface area contributed by atoms with Crippen LogP contribution in [0.4, 0.5) is 0 Å². The lowest BCUT2D eigenvalue weighted by Gasteiger charge is -2.09. The fourth-order valence-corrected chi connectivity index (χ4v) is 1.82. The Morgan fingerprint density at radius 1 is 0.952 bits per heavy atom. The highest BCUT2D eigenvalue weighted by atomic mass is 32.3. The van der Waals surface area contributed by atoms with Crippen LogP contribution in [0.5, 0.6) is 5.75 Å². The number of hydrogen-bond acceptors (Lipinski definition) is 3. The molecule has 0 atom stereocenters. The molecule has 0 aliphatic carbocycles. The van der Waals surface area contributed by atoms with E-state index in [1.165, 1.54) is 5.56 Å². The molecule has 0 radical (unpaired) electrons. The molecule has 0 aliphatic rings. The molecule has 0 fully saturated rings. The molecule has 0 saturated carbocycles. The molecule has 6 heteroatoms. The average Bonchev–Trinajstić information content (AvgIpc) is 2.39.